The molecule has 3 nitrogen and oxygen atoms in total. The fourth-order valence-electron chi connectivity index (χ4n) is 2.22. The molecule has 0 aliphatic carbocycles. The Morgan fingerprint density at radius 1 is 1.14 bits per heavy atom. The molecule has 0 aliphatic heterocycles. The van der Waals surface area contributed by atoms with Crippen LogP contribution in [0.25, 0.3) is 16.6 Å². The first-order valence-electron chi connectivity index (χ1n) is 7.11. The van der Waals surface area contributed by atoms with Crippen LogP contribution in [0.4, 0.5) is 0 Å². The van der Waals surface area contributed by atoms with Crippen LogP contribution >= 0.6 is 23.4 Å². The van der Waals surface area contributed by atoms with Crippen molar-refractivity contribution in [3.63, 3.8) is 0 Å². The van der Waals surface area contributed by atoms with E-state index in [1.807, 2.05) is 36.4 Å². The van der Waals surface area contributed by atoms with Crippen molar-refractivity contribution in [2.24, 2.45) is 0 Å². The van der Waals surface area contributed by atoms with Crippen molar-refractivity contribution in [2.45, 2.75) is 18.5 Å². The highest BCUT2D eigenvalue weighted by atomic mass is 35.5. The van der Waals surface area contributed by atoms with Gasteiger partial charge in [-0.15, -0.1) is 0 Å². The van der Waals surface area contributed by atoms with E-state index in [1.165, 1.54) is 0 Å². The van der Waals surface area contributed by atoms with Crippen molar-refractivity contribution in [1.29, 1.82) is 0 Å². The second kappa shape index (κ2) is 6.55. The van der Waals surface area contributed by atoms with Gasteiger partial charge in [0.15, 0.2) is 5.16 Å². The summed E-state index contributed by atoms with van der Waals surface area (Å²) >= 11 is 7.54. The molecule has 0 bridgehead atoms. The number of rotatable bonds is 4. The van der Waals surface area contributed by atoms with Crippen LogP contribution in [0.1, 0.15) is 13.3 Å². The molecule has 0 N–H and O–H groups in total. The zero-order chi connectivity index (χ0) is 15.5. The largest absolute Gasteiger partial charge is 0.268 e. The number of para-hydroxylation sites is 1. The maximum atomic E-state index is 12.9. The number of fused-ring (bicyclic) bond motifs is 1. The first kappa shape index (κ1) is 15.1. The molecule has 0 aliphatic rings. The maximum absolute atomic E-state index is 12.9. The Kier molecular flexibility index (Phi) is 4.50. The quantitative estimate of drug-likeness (QED) is 0.520. The molecule has 3 aromatic rings. The normalized spacial score (nSPS) is 11.0. The van der Waals surface area contributed by atoms with Gasteiger partial charge in [0, 0.05) is 10.8 Å². The standard InChI is InChI=1S/C17H15ClN2OS/c1-2-11-22-17-19-15-6-4-3-5-14(15)16(21)20(17)13-9-7-12(18)8-10-13/h3-10H,2,11H2,1H3. The number of hydrogen-bond donors (Lipinski definition) is 0. The maximum Gasteiger partial charge on any atom is 0.266 e. The van der Waals surface area contributed by atoms with E-state index in [9.17, 15) is 4.79 Å². The summed E-state index contributed by atoms with van der Waals surface area (Å²) < 4.78 is 1.67. The van der Waals surface area contributed by atoms with Gasteiger partial charge in [-0.3, -0.25) is 9.36 Å². The van der Waals surface area contributed by atoms with Crippen LogP contribution in [0.3, 0.4) is 0 Å². The van der Waals surface area contributed by atoms with Gasteiger partial charge in [-0.25, -0.2) is 4.98 Å². The van der Waals surface area contributed by atoms with Gasteiger partial charge in [0.2, 0.25) is 0 Å². The SMILES string of the molecule is CCCSc1nc2ccccc2c(=O)n1-c1ccc(Cl)cc1. The molecule has 0 fully saturated rings. The molecule has 1 heterocycles. The molecule has 5 heteroatoms. The summed E-state index contributed by atoms with van der Waals surface area (Å²) in [6.07, 6.45) is 1.02. The molecule has 0 radical (unpaired) electrons. The molecule has 1 aromatic heterocycles. The highest BCUT2D eigenvalue weighted by Gasteiger charge is 2.12. The van der Waals surface area contributed by atoms with Crippen molar-refractivity contribution in [3.05, 3.63) is 63.9 Å². The van der Waals surface area contributed by atoms with Crippen molar-refractivity contribution in [2.75, 3.05) is 5.75 Å². The van der Waals surface area contributed by atoms with E-state index < -0.39 is 0 Å². The van der Waals surface area contributed by atoms with Gasteiger partial charge in [-0.1, -0.05) is 42.4 Å². The Bertz CT molecular complexity index is 859. The minimum Gasteiger partial charge on any atom is -0.268 e. The highest BCUT2D eigenvalue weighted by Crippen LogP contribution is 2.22. The lowest BCUT2D eigenvalue weighted by Crippen LogP contribution is -2.21. The van der Waals surface area contributed by atoms with Crippen molar-refractivity contribution < 1.29 is 0 Å². The van der Waals surface area contributed by atoms with Gasteiger partial charge in [-0.05, 0) is 42.8 Å². The zero-order valence-electron chi connectivity index (χ0n) is 12.1. The first-order valence-corrected chi connectivity index (χ1v) is 8.47. The van der Waals surface area contributed by atoms with Crippen LogP contribution in [-0.2, 0) is 0 Å². The van der Waals surface area contributed by atoms with Gasteiger partial charge in [0.05, 0.1) is 16.6 Å². The third-order valence-corrected chi connectivity index (χ3v) is 4.66. The summed E-state index contributed by atoms with van der Waals surface area (Å²) in [4.78, 5) is 17.5. The lowest BCUT2D eigenvalue weighted by molar-refractivity contribution is 0.818. The Hall–Kier alpha value is -1.78. The van der Waals surface area contributed by atoms with E-state index >= 15 is 0 Å². The van der Waals surface area contributed by atoms with Crippen LogP contribution in [0, 0.1) is 0 Å². The van der Waals surface area contributed by atoms with E-state index in [0.29, 0.717) is 15.6 Å². The molecule has 0 atom stereocenters. The predicted octanol–water partition coefficient (Wildman–Crippen LogP) is 4.54. The molecule has 0 unspecified atom stereocenters. The minimum absolute atomic E-state index is 0.0495. The van der Waals surface area contributed by atoms with Crippen LogP contribution in [-0.4, -0.2) is 15.3 Å². The average molecular weight is 331 g/mol. The van der Waals surface area contributed by atoms with Crippen molar-refractivity contribution in [1.82, 2.24) is 9.55 Å². The smallest absolute Gasteiger partial charge is 0.266 e. The topological polar surface area (TPSA) is 34.9 Å². The van der Waals surface area contributed by atoms with Gasteiger partial charge < -0.3 is 0 Å². The summed E-state index contributed by atoms with van der Waals surface area (Å²) in [6, 6.07) is 14.7. The highest BCUT2D eigenvalue weighted by molar-refractivity contribution is 7.99. The number of benzene rings is 2. The van der Waals surface area contributed by atoms with Gasteiger partial charge in [0.1, 0.15) is 0 Å². The third kappa shape index (κ3) is 2.89. The van der Waals surface area contributed by atoms with E-state index in [4.69, 9.17) is 11.6 Å². The monoisotopic (exact) mass is 330 g/mol. The van der Waals surface area contributed by atoms with Crippen LogP contribution in [0.2, 0.25) is 5.02 Å². The first-order chi connectivity index (χ1) is 10.7. The van der Waals surface area contributed by atoms with Gasteiger partial charge in [0.25, 0.3) is 5.56 Å². The van der Waals surface area contributed by atoms with E-state index in [2.05, 4.69) is 11.9 Å². The second-order valence-electron chi connectivity index (χ2n) is 4.88. The number of aromatic nitrogens is 2. The second-order valence-corrected chi connectivity index (χ2v) is 6.38. The summed E-state index contributed by atoms with van der Waals surface area (Å²) in [6.45, 7) is 2.11. The lowest BCUT2D eigenvalue weighted by atomic mass is 10.2. The summed E-state index contributed by atoms with van der Waals surface area (Å²) in [7, 11) is 0. The molecule has 3 rings (SSSR count). The Balaban J connectivity index is 2.27. The molecular weight excluding hydrogens is 316 g/mol. The summed E-state index contributed by atoms with van der Waals surface area (Å²) in [5.41, 5.74) is 1.47. The molecular formula is C17H15ClN2OS. The molecule has 112 valence electrons. The number of nitrogens with zero attached hydrogens (tertiary/aromatic N) is 2. The molecule has 2 aromatic carbocycles. The molecule has 22 heavy (non-hydrogen) atoms. The number of halogens is 1. The fourth-order valence-corrected chi connectivity index (χ4v) is 3.21. The Morgan fingerprint density at radius 2 is 1.86 bits per heavy atom. The van der Waals surface area contributed by atoms with Crippen LogP contribution < -0.4 is 5.56 Å². The predicted molar refractivity (Wildman–Crippen MR) is 93.4 cm³/mol. The Morgan fingerprint density at radius 3 is 2.59 bits per heavy atom. The zero-order valence-corrected chi connectivity index (χ0v) is 13.7. The number of thioether (sulfide) groups is 1. The summed E-state index contributed by atoms with van der Waals surface area (Å²) in [5, 5.41) is 1.99. The van der Waals surface area contributed by atoms with Gasteiger partial charge >= 0.3 is 0 Å². The third-order valence-electron chi connectivity index (χ3n) is 3.27. The van der Waals surface area contributed by atoms with Gasteiger partial charge in [-0.2, -0.15) is 0 Å². The Labute approximate surface area is 138 Å². The fraction of sp³-hybridized carbons (Fsp3) is 0.176. The molecule has 0 amide bonds. The average Bonchev–Trinajstić information content (AvgIpc) is 2.54. The van der Waals surface area contributed by atoms with E-state index in [0.717, 1.165) is 23.4 Å². The molecule has 0 spiro atoms. The van der Waals surface area contributed by atoms with Crippen LogP contribution in [0.15, 0.2) is 58.5 Å². The number of hydrogen-bond acceptors (Lipinski definition) is 3. The lowest BCUT2D eigenvalue weighted by Gasteiger charge is -2.13. The molecule has 0 saturated carbocycles. The van der Waals surface area contributed by atoms with E-state index in [1.54, 1.807) is 28.5 Å². The van der Waals surface area contributed by atoms with Crippen molar-refractivity contribution in [3.8, 4) is 5.69 Å². The van der Waals surface area contributed by atoms with Crippen molar-refractivity contribution >= 4 is 34.3 Å². The molecule has 0 saturated heterocycles. The summed E-state index contributed by atoms with van der Waals surface area (Å²) in [5.74, 6) is 0.915. The van der Waals surface area contributed by atoms with E-state index in [-0.39, 0.29) is 5.56 Å². The minimum atomic E-state index is -0.0495. The van der Waals surface area contributed by atoms with Crippen LogP contribution in [0.5, 0.6) is 0 Å².